The van der Waals surface area contributed by atoms with Gasteiger partial charge >= 0.3 is 5.97 Å². The van der Waals surface area contributed by atoms with Gasteiger partial charge in [0.2, 0.25) is 5.91 Å². The van der Waals surface area contributed by atoms with Crippen molar-refractivity contribution in [1.29, 1.82) is 0 Å². The van der Waals surface area contributed by atoms with Crippen LogP contribution in [0.25, 0.3) is 0 Å². The lowest BCUT2D eigenvalue weighted by Gasteiger charge is -2.10. The molecule has 0 aromatic heterocycles. The van der Waals surface area contributed by atoms with Gasteiger partial charge in [-0.3, -0.25) is 14.4 Å². The van der Waals surface area contributed by atoms with Gasteiger partial charge in [-0.15, -0.1) is 0 Å². The number of rotatable bonds is 9. The second kappa shape index (κ2) is 10.5. The number of aryl methyl sites for hydroxylation is 1. The highest BCUT2D eigenvalue weighted by molar-refractivity contribution is 7.91. The molecule has 2 N–H and O–H groups in total. The van der Waals surface area contributed by atoms with Crippen LogP contribution in [0.15, 0.2) is 53.4 Å². The molecule has 9 heteroatoms. The highest BCUT2D eigenvalue weighted by Crippen LogP contribution is 2.17. The summed E-state index contributed by atoms with van der Waals surface area (Å²) in [6.45, 7) is 2.81. The number of amides is 2. The van der Waals surface area contributed by atoms with E-state index in [4.69, 9.17) is 4.74 Å². The molecule has 2 rings (SSSR count). The number of esters is 1. The van der Waals surface area contributed by atoms with Crippen molar-refractivity contribution in [2.24, 2.45) is 0 Å². The Morgan fingerprint density at radius 3 is 2.27 bits per heavy atom. The minimum atomic E-state index is -3.71. The van der Waals surface area contributed by atoms with Crippen molar-refractivity contribution in [3.8, 4) is 0 Å². The highest BCUT2D eigenvalue weighted by atomic mass is 32.2. The van der Waals surface area contributed by atoms with Crippen LogP contribution in [-0.4, -0.2) is 38.6 Å². The fraction of sp³-hybridized carbons (Fsp3) is 0.286. The lowest BCUT2D eigenvalue weighted by atomic mass is 10.1. The van der Waals surface area contributed by atoms with Gasteiger partial charge in [-0.1, -0.05) is 25.1 Å². The van der Waals surface area contributed by atoms with Gasteiger partial charge in [0.25, 0.3) is 5.91 Å². The molecule has 2 amide bonds. The van der Waals surface area contributed by atoms with E-state index in [1.165, 1.54) is 31.2 Å². The number of sulfone groups is 1. The molecule has 0 bridgehead atoms. The zero-order chi connectivity index (χ0) is 22.1. The second-order valence-corrected chi connectivity index (χ2v) is 8.60. The molecule has 0 spiro atoms. The summed E-state index contributed by atoms with van der Waals surface area (Å²) in [7, 11) is -3.71. The monoisotopic (exact) mass is 432 g/mol. The predicted molar refractivity (Wildman–Crippen MR) is 113 cm³/mol. The number of carbonyl (C=O) groups excluding carboxylic acids is 3. The van der Waals surface area contributed by atoms with Gasteiger partial charge in [-0.05, 0) is 42.3 Å². The zero-order valence-corrected chi connectivity index (χ0v) is 17.6. The van der Waals surface area contributed by atoms with Crippen molar-refractivity contribution in [2.75, 3.05) is 23.0 Å². The maximum Gasteiger partial charge on any atom is 0.307 e. The molecule has 160 valence electrons. The average molecular weight is 432 g/mol. The topological polar surface area (TPSA) is 119 Å². The van der Waals surface area contributed by atoms with Crippen LogP contribution in [0.2, 0.25) is 0 Å². The first-order chi connectivity index (χ1) is 14.2. The zero-order valence-electron chi connectivity index (χ0n) is 16.8. The SMILES string of the molecule is CCc1ccccc1NC(=O)COC(=O)CCS(=O)(=O)c1ccc(NC(C)=O)cc1. The first-order valence-electron chi connectivity index (χ1n) is 9.35. The molecule has 0 heterocycles. The van der Waals surface area contributed by atoms with E-state index in [1.54, 1.807) is 12.1 Å². The molecule has 0 aliphatic rings. The normalized spacial score (nSPS) is 10.9. The summed E-state index contributed by atoms with van der Waals surface area (Å²) in [5.41, 5.74) is 2.07. The number of hydrogen-bond donors (Lipinski definition) is 2. The minimum absolute atomic E-state index is 0.0262. The molecule has 0 atom stereocenters. The molecule has 2 aromatic carbocycles. The summed E-state index contributed by atoms with van der Waals surface area (Å²) in [5, 5.41) is 5.21. The summed E-state index contributed by atoms with van der Waals surface area (Å²) in [6, 6.07) is 12.9. The van der Waals surface area contributed by atoms with Gasteiger partial charge < -0.3 is 15.4 Å². The van der Waals surface area contributed by atoms with Crippen LogP contribution in [0.5, 0.6) is 0 Å². The average Bonchev–Trinajstić information content (AvgIpc) is 2.71. The molecular weight excluding hydrogens is 408 g/mol. The van der Waals surface area contributed by atoms with Crippen molar-refractivity contribution < 1.29 is 27.5 Å². The van der Waals surface area contributed by atoms with E-state index < -0.39 is 34.1 Å². The van der Waals surface area contributed by atoms with Crippen molar-refractivity contribution >= 4 is 39.0 Å². The van der Waals surface area contributed by atoms with Gasteiger partial charge in [0.15, 0.2) is 16.4 Å². The van der Waals surface area contributed by atoms with Crippen molar-refractivity contribution in [1.82, 2.24) is 0 Å². The van der Waals surface area contributed by atoms with E-state index in [0.29, 0.717) is 11.4 Å². The van der Waals surface area contributed by atoms with E-state index >= 15 is 0 Å². The summed E-state index contributed by atoms with van der Waals surface area (Å²) in [4.78, 5) is 34.9. The van der Waals surface area contributed by atoms with Crippen molar-refractivity contribution in [2.45, 2.75) is 31.6 Å². The van der Waals surface area contributed by atoms with Crippen molar-refractivity contribution in [3.05, 3.63) is 54.1 Å². The number of benzene rings is 2. The molecule has 0 fully saturated rings. The number of anilines is 2. The molecule has 2 aromatic rings. The van der Waals surface area contributed by atoms with Gasteiger partial charge in [-0.25, -0.2) is 8.42 Å². The Hall–Kier alpha value is -3.20. The first-order valence-corrected chi connectivity index (χ1v) is 11.0. The smallest absolute Gasteiger partial charge is 0.307 e. The maximum atomic E-state index is 12.3. The van der Waals surface area contributed by atoms with Crippen LogP contribution in [0.3, 0.4) is 0 Å². The summed E-state index contributed by atoms with van der Waals surface area (Å²) in [5.74, 6) is -2.00. The van der Waals surface area contributed by atoms with Crippen molar-refractivity contribution in [3.63, 3.8) is 0 Å². The maximum absolute atomic E-state index is 12.3. The van der Waals surface area contributed by atoms with E-state index in [9.17, 15) is 22.8 Å². The Kier molecular flexibility index (Phi) is 8.11. The molecule has 0 radical (unpaired) electrons. The second-order valence-electron chi connectivity index (χ2n) is 6.49. The van der Waals surface area contributed by atoms with Gasteiger partial charge in [0.05, 0.1) is 17.1 Å². The number of ether oxygens (including phenoxy) is 1. The van der Waals surface area contributed by atoms with Gasteiger partial charge in [0.1, 0.15) is 0 Å². The van der Waals surface area contributed by atoms with Crippen LogP contribution in [0, 0.1) is 0 Å². The molecule has 8 nitrogen and oxygen atoms in total. The summed E-state index contributed by atoms with van der Waals surface area (Å²) >= 11 is 0. The Labute approximate surface area is 175 Å². The first kappa shape index (κ1) is 23.1. The third kappa shape index (κ3) is 7.00. The van der Waals surface area contributed by atoms with E-state index in [2.05, 4.69) is 10.6 Å². The van der Waals surface area contributed by atoms with Crippen LogP contribution in [-0.2, 0) is 35.4 Å². The third-order valence-corrected chi connectivity index (χ3v) is 5.88. The Morgan fingerprint density at radius 1 is 0.967 bits per heavy atom. The van der Waals surface area contributed by atoms with Crippen LogP contribution >= 0.6 is 0 Å². The molecule has 0 aliphatic carbocycles. The van der Waals surface area contributed by atoms with Crippen LogP contribution < -0.4 is 10.6 Å². The quantitative estimate of drug-likeness (QED) is 0.588. The number of carbonyl (C=O) groups is 3. The number of hydrogen-bond acceptors (Lipinski definition) is 6. The molecule has 0 saturated carbocycles. The Morgan fingerprint density at radius 2 is 1.63 bits per heavy atom. The fourth-order valence-electron chi connectivity index (χ4n) is 2.64. The summed E-state index contributed by atoms with van der Waals surface area (Å²) in [6.07, 6.45) is 0.356. The van der Waals surface area contributed by atoms with E-state index in [1.807, 2.05) is 19.1 Å². The number of nitrogens with one attached hydrogen (secondary N) is 2. The van der Waals surface area contributed by atoms with Gasteiger partial charge in [-0.2, -0.15) is 0 Å². The third-order valence-electron chi connectivity index (χ3n) is 4.15. The van der Waals surface area contributed by atoms with E-state index in [0.717, 1.165) is 12.0 Å². The molecule has 30 heavy (non-hydrogen) atoms. The molecule has 0 saturated heterocycles. The lowest BCUT2D eigenvalue weighted by molar-refractivity contribution is -0.146. The van der Waals surface area contributed by atoms with Crippen LogP contribution in [0.4, 0.5) is 11.4 Å². The largest absolute Gasteiger partial charge is 0.456 e. The molecular formula is C21H24N2O6S. The Bertz CT molecular complexity index is 1020. The molecule has 0 aliphatic heterocycles. The minimum Gasteiger partial charge on any atom is -0.456 e. The lowest BCUT2D eigenvalue weighted by Crippen LogP contribution is -2.22. The highest BCUT2D eigenvalue weighted by Gasteiger charge is 2.18. The fourth-order valence-corrected chi connectivity index (χ4v) is 3.86. The van der Waals surface area contributed by atoms with E-state index in [-0.39, 0.29) is 17.2 Å². The van der Waals surface area contributed by atoms with Crippen LogP contribution in [0.1, 0.15) is 25.8 Å². The predicted octanol–water partition coefficient (Wildman–Crippen LogP) is 2.55. The standard InChI is InChI=1S/C21H24N2O6S/c1-3-16-6-4-5-7-19(16)23-20(25)14-29-21(26)12-13-30(27,28)18-10-8-17(9-11-18)22-15(2)24/h4-11H,3,12-14H2,1-2H3,(H,22,24)(H,23,25). The number of para-hydroxylation sites is 1. The summed E-state index contributed by atoms with van der Waals surface area (Å²) < 4.78 is 29.6. The Balaban J connectivity index is 1.83. The molecule has 0 unspecified atom stereocenters. The van der Waals surface area contributed by atoms with Gasteiger partial charge in [0, 0.05) is 18.3 Å².